The normalized spacial score (nSPS) is 22.9. The third-order valence-corrected chi connectivity index (χ3v) is 4.73. The van der Waals surface area contributed by atoms with Gasteiger partial charge in [-0.1, -0.05) is 0 Å². The Bertz CT molecular complexity index is 473. The van der Waals surface area contributed by atoms with E-state index in [4.69, 9.17) is 0 Å². The zero-order valence-corrected chi connectivity index (χ0v) is 12.8. The summed E-state index contributed by atoms with van der Waals surface area (Å²) in [7, 11) is 1.54. The molecule has 2 N–H and O–H groups in total. The number of hydrogen-bond acceptors (Lipinski definition) is 5. The van der Waals surface area contributed by atoms with Gasteiger partial charge in [-0.15, -0.1) is 0 Å². The molecular formula is C13H19F3N4S. The Balaban J connectivity index is 2.09. The van der Waals surface area contributed by atoms with Crippen LogP contribution in [0.2, 0.25) is 0 Å². The zero-order chi connectivity index (χ0) is 15.5. The van der Waals surface area contributed by atoms with Gasteiger partial charge in [-0.3, -0.25) is 0 Å². The van der Waals surface area contributed by atoms with E-state index in [0.717, 1.165) is 25.7 Å². The molecule has 1 aliphatic rings. The molecule has 0 atom stereocenters. The summed E-state index contributed by atoms with van der Waals surface area (Å²) >= 11 is 1.85. The minimum absolute atomic E-state index is 0.164. The van der Waals surface area contributed by atoms with Crippen LogP contribution in [0.1, 0.15) is 31.5 Å². The minimum atomic E-state index is -4.54. The fourth-order valence-electron chi connectivity index (χ4n) is 2.43. The van der Waals surface area contributed by atoms with E-state index in [1.165, 1.54) is 13.1 Å². The van der Waals surface area contributed by atoms with Crippen LogP contribution in [0.25, 0.3) is 0 Å². The molecule has 0 unspecified atom stereocenters. The summed E-state index contributed by atoms with van der Waals surface area (Å²) in [6.45, 7) is 0. The van der Waals surface area contributed by atoms with Crippen LogP contribution >= 0.6 is 11.8 Å². The summed E-state index contributed by atoms with van der Waals surface area (Å²) in [6.07, 6.45) is 1.61. The molecule has 0 amide bonds. The van der Waals surface area contributed by atoms with Crippen molar-refractivity contribution in [2.75, 3.05) is 23.9 Å². The molecular weight excluding hydrogens is 301 g/mol. The number of halogens is 3. The lowest BCUT2D eigenvalue weighted by molar-refractivity contribution is -0.144. The van der Waals surface area contributed by atoms with Gasteiger partial charge in [0.05, 0.1) is 0 Å². The molecule has 2 rings (SSSR count). The van der Waals surface area contributed by atoms with Crippen LogP contribution in [0, 0.1) is 0 Å². The lowest BCUT2D eigenvalue weighted by Gasteiger charge is -2.28. The highest BCUT2D eigenvalue weighted by molar-refractivity contribution is 7.99. The third-order valence-electron chi connectivity index (χ3n) is 3.60. The third kappa shape index (κ3) is 4.39. The summed E-state index contributed by atoms with van der Waals surface area (Å²) in [5.41, 5.74) is 0. The van der Waals surface area contributed by atoms with Crippen LogP contribution < -0.4 is 10.6 Å². The topological polar surface area (TPSA) is 49.8 Å². The second-order valence-electron chi connectivity index (χ2n) is 5.06. The predicted octanol–water partition coefficient (Wildman–Crippen LogP) is 3.62. The second-order valence-corrected chi connectivity index (χ2v) is 6.20. The number of rotatable bonds is 4. The van der Waals surface area contributed by atoms with Gasteiger partial charge in [0.2, 0.25) is 5.82 Å². The molecule has 1 aromatic rings. The van der Waals surface area contributed by atoms with Gasteiger partial charge in [0.25, 0.3) is 0 Å². The molecule has 1 heterocycles. The van der Waals surface area contributed by atoms with E-state index >= 15 is 0 Å². The fraction of sp³-hybridized carbons (Fsp3) is 0.692. The van der Waals surface area contributed by atoms with Gasteiger partial charge in [0.15, 0.2) is 0 Å². The number of anilines is 2. The van der Waals surface area contributed by atoms with Gasteiger partial charge in [-0.25, -0.2) is 9.97 Å². The molecule has 0 saturated heterocycles. The number of nitrogens with one attached hydrogen (secondary N) is 2. The molecule has 0 aromatic carbocycles. The van der Waals surface area contributed by atoms with Gasteiger partial charge in [-0.05, 0) is 31.9 Å². The Morgan fingerprint density at radius 2 is 1.76 bits per heavy atom. The lowest BCUT2D eigenvalue weighted by Crippen LogP contribution is -2.28. The Hall–Kier alpha value is -1.18. The number of thioether (sulfide) groups is 1. The highest BCUT2D eigenvalue weighted by Crippen LogP contribution is 2.31. The maximum Gasteiger partial charge on any atom is 0.451 e. The zero-order valence-electron chi connectivity index (χ0n) is 12.0. The average molecular weight is 320 g/mol. The SMILES string of the molecule is CNc1cc(NC2CCC(SC)CC2)nc(C(F)(F)F)n1. The first-order chi connectivity index (χ1) is 9.92. The van der Waals surface area contributed by atoms with Crippen molar-refractivity contribution in [3.05, 3.63) is 11.9 Å². The van der Waals surface area contributed by atoms with Crippen LogP contribution in [0.15, 0.2) is 6.07 Å². The molecule has 21 heavy (non-hydrogen) atoms. The molecule has 8 heteroatoms. The van der Waals surface area contributed by atoms with Crippen molar-refractivity contribution in [3.8, 4) is 0 Å². The molecule has 1 aromatic heterocycles. The van der Waals surface area contributed by atoms with Gasteiger partial charge in [0, 0.05) is 24.4 Å². The highest BCUT2D eigenvalue weighted by atomic mass is 32.2. The molecule has 0 aliphatic heterocycles. The second kappa shape index (κ2) is 6.72. The smallest absolute Gasteiger partial charge is 0.373 e. The van der Waals surface area contributed by atoms with Crippen molar-refractivity contribution in [3.63, 3.8) is 0 Å². The summed E-state index contributed by atoms with van der Waals surface area (Å²) in [5, 5.41) is 6.41. The Morgan fingerprint density at radius 3 is 2.29 bits per heavy atom. The van der Waals surface area contributed by atoms with Gasteiger partial charge in [0.1, 0.15) is 11.6 Å². The van der Waals surface area contributed by atoms with E-state index in [1.807, 2.05) is 11.8 Å². The number of hydrogen-bond donors (Lipinski definition) is 2. The number of alkyl halides is 3. The predicted molar refractivity (Wildman–Crippen MR) is 79.8 cm³/mol. The maximum absolute atomic E-state index is 12.8. The first-order valence-electron chi connectivity index (χ1n) is 6.85. The molecule has 4 nitrogen and oxygen atoms in total. The van der Waals surface area contributed by atoms with Crippen molar-refractivity contribution in [1.82, 2.24) is 9.97 Å². The number of aromatic nitrogens is 2. The molecule has 1 aliphatic carbocycles. The average Bonchev–Trinajstić information content (AvgIpc) is 2.46. The Morgan fingerprint density at radius 1 is 1.14 bits per heavy atom. The first kappa shape index (κ1) is 16.2. The van der Waals surface area contributed by atoms with Crippen molar-refractivity contribution < 1.29 is 13.2 Å². The summed E-state index contributed by atoms with van der Waals surface area (Å²) in [6, 6.07) is 1.68. The van der Waals surface area contributed by atoms with Crippen LogP contribution in [-0.4, -0.2) is 34.6 Å². The fourth-order valence-corrected chi connectivity index (χ4v) is 3.17. The van der Waals surface area contributed by atoms with Crippen molar-refractivity contribution in [1.29, 1.82) is 0 Å². The van der Waals surface area contributed by atoms with Crippen LogP contribution in [0.4, 0.5) is 24.8 Å². The molecule has 0 radical (unpaired) electrons. The van der Waals surface area contributed by atoms with Crippen molar-refractivity contribution >= 4 is 23.4 Å². The summed E-state index contributed by atoms with van der Waals surface area (Å²) in [5.74, 6) is -0.721. The summed E-state index contributed by atoms with van der Waals surface area (Å²) < 4.78 is 38.3. The standard InChI is InChI=1S/C13H19F3N4S/c1-17-10-7-11(20-12(19-10)13(14,15)16)18-8-3-5-9(21-2)6-4-8/h7-9H,3-6H2,1-2H3,(H2,17,18,19,20). The van der Waals surface area contributed by atoms with E-state index in [1.54, 1.807) is 0 Å². The lowest BCUT2D eigenvalue weighted by atomic mass is 9.95. The van der Waals surface area contributed by atoms with E-state index in [0.29, 0.717) is 5.25 Å². The molecule has 0 spiro atoms. The highest BCUT2D eigenvalue weighted by Gasteiger charge is 2.35. The molecule has 118 valence electrons. The minimum Gasteiger partial charge on any atom is -0.373 e. The Labute approximate surface area is 126 Å². The monoisotopic (exact) mass is 320 g/mol. The van der Waals surface area contributed by atoms with E-state index in [2.05, 4.69) is 26.9 Å². The van der Waals surface area contributed by atoms with Crippen LogP contribution in [-0.2, 0) is 6.18 Å². The summed E-state index contributed by atoms with van der Waals surface area (Å²) in [4.78, 5) is 7.04. The van der Waals surface area contributed by atoms with Gasteiger partial charge < -0.3 is 10.6 Å². The van der Waals surface area contributed by atoms with E-state index < -0.39 is 12.0 Å². The quantitative estimate of drug-likeness (QED) is 0.887. The van der Waals surface area contributed by atoms with Gasteiger partial charge in [-0.2, -0.15) is 24.9 Å². The Kier molecular flexibility index (Phi) is 5.18. The molecule has 0 bridgehead atoms. The molecule has 1 saturated carbocycles. The van der Waals surface area contributed by atoms with E-state index in [-0.39, 0.29) is 17.7 Å². The maximum atomic E-state index is 12.8. The molecule has 1 fully saturated rings. The van der Waals surface area contributed by atoms with Crippen LogP contribution in [0.3, 0.4) is 0 Å². The van der Waals surface area contributed by atoms with Crippen molar-refractivity contribution in [2.24, 2.45) is 0 Å². The van der Waals surface area contributed by atoms with Gasteiger partial charge >= 0.3 is 6.18 Å². The van der Waals surface area contributed by atoms with E-state index in [9.17, 15) is 13.2 Å². The van der Waals surface area contributed by atoms with Crippen molar-refractivity contribution in [2.45, 2.75) is 43.2 Å². The number of nitrogens with zero attached hydrogens (tertiary/aromatic N) is 2. The largest absolute Gasteiger partial charge is 0.451 e. The first-order valence-corrected chi connectivity index (χ1v) is 8.14. The van der Waals surface area contributed by atoms with Crippen LogP contribution in [0.5, 0.6) is 0 Å².